The lowest BCUT2D eigenvalue weighted by molar-refractivity contribution is -0.136. The minimum absolute atomic E-state index is 0.214. The number of amides is 1. The van der Waals surface area contributed by atoms with Crippen LogP contribution in [0.4, 0.5) is 18.9 Å². The SMILES string of the molecule is O=C(Nc1ccccc1C(F)(F)F)c1c[nH]c(=O)n(Cc2ccccc2Cl)c1=O. The number of nitrogens with one attached hydrogen (secondary N) is 2. The maximum atomic E-state index is 13.1. The number of rotatable bonds is 4. The number of halogens is 4. The summed E-state index contributed by atoms with van der Waals surface area (Å²) in [5.41, 5.74) is -3.38. The fourth-order valence-electron chi connectivity index (χ4n) is 2.64. The number of carbonyl (C=O) groups is 1. The summed E-state index contributed by atoms with van der Waals surface area (Å²) in [6.45, 7) is -0.214. The van der Waals surface area contributed by atoms with Crippen molar-refractivity contribution in [1.82, 2.24) is 9.55 Å². The van der Waals surface area contributed by atoms with Gasteiger partial charge in [-0.05, 0) is 23.8 Å². The van der Waals surface area contributed by atoms with Crippen molar-refractivity contribution in [3.05, 3.63) is 97.3 Å². The average Bonchev–Trinajstić information content (AvgIpc) is 2.66. The number of aromatic nitrogens is 2. The van der Waals surface area contributed by atoms with Crippen molar-refractivity contribution in [3.63, 3.8) is 0 Å². The number of para-hydroxylation sites is 1. The lowest BCUT2D eigenvalue weighted by Crippen LogP contribution is -2.39. The van der Waals surface area contributed by atoms with Crippen LogP contribution >= 0.6 is 11.6 Å². The number of carbonyl (C=O) groups excluding carboxylic acids is 1. The van der Waals surface area contributed by atoms with Gasteiger partial charge in [-0.2, -0.15) is 13.2 Å². The van der Waals surface area contributed by atoms with E-state index in [-0.39, 0.29) is 6.54 Å². The summed E-state index contributed by atoms with van der Waals surface area (Å²) in [5.74, 6) is -1.09. The van der Waals surface area contributed by atoms with Gasteiger partial charge >= 0.3 is 11.9 Å². The Balaban J connectivity index is 1.97. The summed E-state index contributed by atoms with van der Waals surface area (Å²) in [7, 11) is 0. The van der Waals surface area contributed by atoms with Crippen LogP contribution < -0.4 is 16.6 Å². The maximum absolute atomic E-state index is 13.1. The molecule has 0 aliphatic heterocycles. The van der Waals surface area contributed by atoms with Crippen molar-refractivity contribution in [1.29, 1.82) is 0 Å². The molecule has 2 N–H and O–H groups in total. The number of alkyl halides is 3. The number of nitrogens with zero attached hydrogens (tertiary/aromatic N) is 1. The Morgan fingerprint density at radius 3 is 2.41 bits per heavy atom. The van der Waals surface area contributed by atoms with E-state index >= 15 is 0 Å². The van der Waals surface area contributed by atoms with Gasteiger partial charge in [-0.25, -0.2) is 4.79 Å². The van der Waals surface area contributed by atoms with Crippen molar-refractivity contribution in [2.24, 2.45) is 0 Å². The summed E-state index contributed by atoms with van der Waals surface area (Å²) in [4.78, 5) is 39.4. The maximum Gasteiger partial charge on any atom is 0.418 e. The Hall–Kier alpha value is -3.33. The number of aromatic amines is 1. The summed E-state index contributed by atoms with van der Waals surface area (Å²) in [5, 5.41) is 2.39. The molecule has 0 saturated heterocycles. The third kappa shape index (κ3) is 4.40. The molecule has 0 atom stereocenters. The van der Waals surface area contributed by atoms with E-state index in [0.717, 1.165) is 22.9 Å². The van der Waals surface area contributed by atoms with E-state index in [1.807, 2.05) is 0 Å². The van der Waals surface area contributed by atoms with Crippen molar-refractivity contribution in [3.8, 4) is 0 Å². The van der Waals surface area contributed by atoms with Crippen LogP contribution in [0.3, 0.4) is 0 Å². The topological polar surface area (TPSA) is 84.0 Å². The molecule has 0 unspecified atom stereocenters. The highest BCUT2D eigenvalue weighted by Gasteiger charge is 2.33. The van der Waals surface area contributed by atoms with Crippen molar-refractivity contribution >= 4 is 23.2 Å². The lowest BCUT2D eigenvalue weighted by Gasteiger charge is -2.13. The molecule has 1 amide bonds. The number of hydrogen-bond donors (Lipinski definition) is 2. The Bertz CT molecular complexity index is 1190. The van der Waals surface area contributed by atoms with Gasteiger partial charge in [0.2, 0.25) is 0 Å². The quantitative estimate of drug-likeness (QED) is 0.673. The first-order chi connectivity index (χ1) is 13.7. The van der Waals surface area contributed by atoms with E-state index in [4.69, 9.17) is 11.6 Å². The first-order valence-corrected chi connectivity index (χ1v) is 8.60. The number of anilines is 1. The molecule has 3 rings (SSSR count). The van der Waals surface area contributed by atoms with E-state index in [0.29, 0.717) is 10.6 Å². The zero-order valence-corrected chi connectivity index (χ0v) is 15.3. The summed E-state index contributed by atoms with van der Waals surface area (Å²) in [6, 6.07) is 10.8. The second kappa shape index (κ2) is 7.96. The molecule has 2 aromatic carbocycles. The molecular weight excluding hydrogens is 411 g/mol. The molecule has 0 saturated carbocycles. The van der Waals surface area contributed by atoms with E-state index < -0.39 is 40.1 Å². The van der Waals surface area contributed by atoms with E-state index in [1.54, 1.807) is 24.3 Å². The van der Waals surface area contributed by atoms with E-state index in [9.17, 15) is 27.6 Å². The third-order valence-electron chi connectivity index (χ3n) is 4.07. The van der Waals surface area contributed by atoms with Gasteiger partial charge in [-0.1, -0.05) is 41.9 Å². The smallest absolute Gasteiger partial charge is 0.321 e. The molecule has 0 fully saturated rings. The molecule has 150 valence electrons. The standard InChI is InChI=1S/C19H13ClF3N3O3/c20-14-7-3-1-5-11(14)10-26-17(28)12(9-24-18(26)29)16(27)25-15-8-4-2-6-13(15)19(21,22)23/h1-9H,10H2,(H,24,29)(H,25,27). The predicted octanol–water partition coefficient (Wildman–Crippen LogP) is 3.51. The van der Waals surface area contributed by atoms with Gasteiger partial charge in [0, 0.05) is 11.2 Å². The van der Waals surface area contributed by atoms with Gasteiger partial charge in [0.1, 0.15) is 5.56 Å². The average molecular weight is 424 g/mol. The van der Waals surface area contributed by atoms with Gasteiger partial charge in [-0.15, -0.1) is 0 Å². The molecule has 0 radical (unpaired) electrons. The first kappa shape index (κ1) is 20.4. The highest BCUT2D eigenvalue weighted by Crippen LogP contribution is 2.34. The van der Waals surface area contributed by atoms with E-state index in [1.165, 1.54) is 12.1 Å². The predicted molar refractivity (Wildman–Crippen MR) is 101 cm³/mol. The highest BCUT2D eigenvalue weighted by atomic mass is 35.5. The zero-order valence-electron chi connectivity index (χ0n) is 14.6. The number of H-pyrrole nitrogens is 1. The van der Waals surface area contributed by atoms with Gasteiger partial charge in [0.15, 0.2) is 0 Å². The Labute approximate surface area is 166 Å². The van der Waals surface area contributed by atoms with Crippen molar-refractivity contribution in [2.75, 3.05) is 5.32 Å². The van der Waals surface area contributed by atoms with Gasteiger partial charge in [-0.3, -0.25) is 14.2 Å². The van der Waals surface area contributed by atoms with E-state index in [2.05, 4.69) is 10.3 Å². The second-order valence-corrected chi connectivity index (χ2v) is 6.39. The van der Waals surface area contributed by atoms with Crippen LogP contribution in [0.1, 0.15) is 21.5 Å². The molecular formula is C19H13ClF3N3O3. The molecule has 1 aromatic heterocycles. The van der Waals surface area contributed by atoms with Crippen LogP contribution in [0.25, 0.3) is 0 Å². The van der Waals surface area contributed by atoms with Gasteiger partial charge in [0.05, 0.1) is 17.8 Å². The normalized spacial score (nSPS) is 11.3. The molecule has 0 aliphatic carbocycles. The highest BCUT2D eigenvalue weighted by molar-refractivity contribution is 6.31. The van der Waals surface area contributed by atoms with Crippen LogP contribution in [-0.4, -0.2) is 15.5 Å². The Kier molecular flexibility index (Phi) is 5.60. The molecule has 0 spiro atoms. The molecule has 6 nitrogen and oxygen atoms in total. The fraction of sp³-hybridized carbons (Fsp3) is 0.105. The zero-order chi connectivity index (χ0) is 21.2. The minimum Gasteiger partial charge on any atom is -0.321 e. The molecule has 0 aliphatic rings. The lowest BCUT2D eigenvalue weighted by atomic mass is 10.1. The fourth-order valence-corrected chi connectivity index (χ4v) is 2.84. The summed E-state index contributed by atoms with van der Waals surface area (Å²) >= 11 is 6.04. The van der Waals surface area contributed by atoms with Crippen molar-refractivity contribution < 1.29 is 18.0 Å². The van der Waals surface area contributed by atoms with Crippen LogP contribution in [-0.2, 0) is 12.7 Å². The second-order valence-electron chi connectivity index (χ2n) is 5.99. The van der Waals surface area contributed by atoms with Crippen LogP contribution in [0.15, 0.2) is 64.3 Å². The molecule has 3 aromatic rings. The first-order valence-electron chi connectivity index (χ1n) is 8.22. The van der Waals surface area contributed by atoms with Crippen LogP contribution in [0.2, 0.25) is 5.02 Å². The van der Waals surface area contributed by atoms with Crippen LogP contribution in [0, 0.1) is 0 Å². The molecule has 0 bridgehead atoms. The number of hydrogen-bond acceptors (Lipinski definition) is 3. The van der Waals surface area contributed by atoms with Gasteiger partial charge in [0.25, 0.3) is 11.5 Å². The largest absolute Gasteiger partial charge is 0.418 e. The third-order valence-corrected chi connectivity index (χ3v) is 4.44. The molecule has 10 heteroatoms. The molecule has 29 heavy (non-hydrogen) atoms. The van der Waals surface area contributed by atoms with Crippen molar-refractivity contribution in [2.45, 2.75) is 12.7 Å². The van der Waals surface area contributed by atoms with Crippen LogP contribution in [0.5, 0.6) is 0 Å². The Morgan fingerprint density at radius 2 is 1.72 bits per heavy atom. The van der Waals surface area contributed by atoms with Gasteiger partial charge < -0.3 is 10.3 Å². The minimum atomic E-state index is -4.70. The monoisotopic (exact) mass is 423 g/mol. The summed E-state index contributed by atoms with van der Waals surface area (Å²) in [6.07, 6.45) is -3.83. The Morgan fingerprint density at radius 1 is 1.07 bits per heavy atom. The summed E-state index contributed by atoms with van der Waals surface area (Å²) < 4.78 is 40.0. The molecule has 1 heterocycles. The number of benzene rings is 2.